The van der Waals surface area contributed by atoms with Gasteiger partial charge in [-0.3, -0.25) is 9.79 Å². The fraction of sp³-hybridized carbons (Fsp3) is 0.238. The van der Waals surface area contributed by atoms with Gasteiger partial charge in [-0.05, 0) is 37.3 Å². The number of carbonyl (C=O) groups is 1. The Morgan fingerprint density at radius 2 is 1.85 bits per heavy atom. The summed E-state index contributed by atoms with van der Waals surface area (Å²) >= 11 is 0. The Morgan fingerprint density at radius 1 is 1.07 bits per heavy atom. The van der Waals surface area contributed by atoms with Crippen molar-refractivity contribution in [3.63, 3.8) is 0 Å². The summed E-state index contributed by atoms with van der Waals surface area (Å²) in [7, 11) is 3.16. The predicted molar refractivity (Wildman–Crippen MR) is 102 cm³/mol. The van der Waals surface area contributed by atoms with Crippen molar-refractivity contribution >= 4 is 16.9 Å². The molecule has 0 aliphatic rings. The Kier molecular flexibility index (Phi) is 5.45. The third-order valence-corrected chi connectivity index (χ3v) is 4.17. The number of benzene rings is 2. The minimum absolute atomic E-state index is 0.0228. The number of hydrogen-bond acceptors (Lipinski definition) is 5. The molecule has 1 heterocycles. The van der Waals surface area contributed by atoms with Crippen molar-refractivity contribution < 1.29 is 23.8 Å². The Morgan fingerprint density at radius 3 is 2.56 bits per heavy atom. The number of ether oxygens (including phenoxy) is 2. The van der Waals surface area contributed by atoms with Crippen LogP contribution in [0.4, 0.5) is 0 Å². The van der Waals surface area contributed by atoms with E-state index in [0.29, 0.717) is 28.2 Å². The summed E-state index contributed by atoms with van der Waals surface area (Å²) in [5.74, 6) is 0.962. The van der Waals surface area contributed by atoms with Crippen LogP contribution in [0.1, 0.15) is 12.0 Å². The van der Waals surface area contributed by atoms with Crippen LogP contribution in [0.3, 0.4) is 0 Å². The molecule has 0 saturated heterocycles. The van der Waals surface area contributed by atoms with Gasteiger partial charge in [0.05, 0.1) is 32.5 Å². The van der Waals surface area contributed by atoms with Crippen molar-refractivity contribution in [2.24, 2.45) is 4.99 Å². The number of methoxy groups -OCH3 is 2. The molecule has 0 unspecified atom stereocenters. The molecule has 0 spiro atoms. The van der Waals surface area contributed by atoms with Crippen molar-refractivity contribution in [2.75, 3.05) is 20.8 Å². The second kappa shape index (κ2) is 7.95. The van der Waals surface area contributed by atoms with Crippen LogP contribution < -0.4 is 14.8 Å². The molecule has 1 N–H and O–H groups in total. The number of carboxylic acid groups (broad SMARTS) is 1. The average Bonchev–Trinajstić information content (AvgIpc) is 2.67. The highest BCUT2D eigenvalue weighted by atomic mass is 16.5. The van der Waals surface area contributed by atoms with Crippen LogP contribution in [-0.4, -0.2) is 31.8 Å². The third-order valence-electron chi connectivity index (χ3n) is 4.17. The molecule has 0 aliphatic heterocycles. The molecular weight excluding hydrogens is 346 g/mol. The van der Waals surface area contributed by atoms with Crippen LogP contribution in [0.15, 0.2) is 51.9 Å². The summed E-state index contributed by atoms with van der Waals surface area (Å²) in [5.41, 5.74) is 2.57. The maximum Gasteiger partial charge on any atom is 0.305 e. The third kappa shape index (κ3) is 4.11. The smallest absolute Gasteiger partial charge is 0.305 e. The van der Waals surface area contributed by atoms with E-state index >= 15 is 0 Å². The molecular formula is C21H21NO5. The van der Waals surface area contributed by atoms with Crippen LogP contribution >= 0.6 is 0 Å². The van der Waals surface area contributed by atoms with Crippen molar-refractivity contribution in [1.29, 1.82) is 0 Å². The Bertz CT molecular complexity index is 1050. The van der Waals surface area contributed by atoms with Gasteiger partial charge in [-0.15, -0.1) is 0 Å². The molecule has 0 saturated carbocycles. The van der Waals surface area contributed by atoms with Gasteiger partial charge in [-0.25, -0.2) is 0 Å². The van der Waals surface area contributed by atoms with Crippen LogP contribution in [0.25, 0.3) is 22.3 Å². The Balaban J connectivity index is 2.17. The van der Waals surface area contributed by atoms with Gasteiger partial charge in [0.2, 0.25) is 0 Å². The van der Waals surface area contributed by atoms with E-state index in [9.17, 15) is 4.79 Å². The minimum atomic E-state index is -0.875. The lowest BCUT2D eigenvalue weighted by atomic mass is 10.1. The average molecular weight is 367 g/mol. The zero-order valence-corrected chi connectivity index (χ0v) is 15.5. The molecule has 0 radical (unpaired) electrons. The second-order valence-corrected chi connectivity index (χ2v) is 6.09. The van der Waals surface area contributed by atoms with Crippen LogP contribution in [-0.2, 0) is 4.79 Å². The fourth-order valence-corrected chi connectivity index (χ4v) is 2.82. The van der Waals surface area contributed by atoms with E-state index in [1.54, 1.807) is 14.2 Å². The predicted octanol–water partition coefficient (Wildman–Crippen LogP) is 3.80. The van der Waals surface area contributed by atoms with E-state index in [4.69, 9.17) is 19.0 Å². The molecule has 27 heavy (non-hydrogen) atoms. The molecule has 0 fully saturated rings. The first-order valence-corrected chi connectivity index (χ1v) is 8.51. The summed E-state index contributed by atoms with van der Waals surface area (Å²) < 4.78 is 16.7. The summed E-state index contributed by atoms with van der Waals surface area (Å²) in [6.07, 6.45) is -0.0228. The number of aliphatic carboxylic acids is 1. The van der Waals surface area contributed by atoms with E-state index in [1.807, 2.05) is 49.4 Å². The number of carboxylic acids is 1. The zero-order valence-electron chi connectivity index (χ0n) is 15.5. The molecule has 0 amide bonds. The van der Waals surface area contributed by atoms with Crippen molar-refractivity contribution in [2.45, 2.75) is 13.3 Å². The van der Waals surface area contributed by atoms with Gasteiger partial charge in [0.15, 0.2) is 11.5 Å². The molecule has 1 aromatic heterocycles. The molecule has 6 heteroatoms. The number of aryl methyl sites for hydroxylation is 1. The van der Waals surface area contributed by atoms with Crippen LogP contribution in [0.2, 0.25) is 0 Å². The first-order chi connectivity index (χ1) is 13.0. The van der Waals surface area contributed by atoms with Crippen LogP contribution in [0.5, 0.6) is 11.5 Å². The largest absolute Gasteiger partial charge is 0.493 e. The van der Waals surface area contributed by atoms with Crippen molar-refractivity contribution in [3.05, 3.63) is 53.4 Å². The molecule has 0 bridgehead atoms. The van der Waals surface area contributed by atoms with E-state index in [-0.39, 0.29) is 13.0 Å². The highest BCUT2D eigenvalue weighted by Crippen LogP contribution is 2.32. The molecule has 3 rings (SSSR count). The lowest BCUT2D eigenvalue weighted by Gasteiger charge is -2.10. The maximum absolute atomic E-state index is 10.8. The Hall–Kier alpha value is -3.28. The SMILES string of the molecule is COc1ccc(-c2cc(=NCCC(=O)O)c3cc(C)ccc3o2)cc1OC. The molecule has 0 atom stereocenters. The quantitative estimate of drug-likeness (QED) is 0.717. The number of rotatable bonds is 6. The molecule has 6 nitrogen and oxygen atoms in total. The van der Waals surface area contributed by atoms with Gasteiger partial charge in [-0.2, -0.15) is 0 Å². The number of fused-ring (bicyclic) bond motifs is 1. The lowest BCUT2D eigenvalue weighted by molar-refractivity contribution is -0.136. The van der Waals surface area contributed by atoms with Gasteiger partial charge >= 0.3 is 5.97 Å². The number of hydrogen-bond donors (Lipinski definition) is 1. The second-order valence-electron chi connectivity index (χ2n) is 6.09. The molecule has 3 aromatic rings. The van der Waals surface area contributed by atoms with Gasteiger partial charge in [0.1, 0.15) is 11.3 Å². The Labute approximate surface area is 156 Å². The zero-order chi connectivity index (χ0) is 19.4. The summed E-state index contributed by atoms with van der Waals surface area (Å²) in [4.78, 5) is 15.3. The summed E-state index contributed by atoms with van der Waals surface area (Å²) in [6.45, 7) is 2.19. The standard InChI is InChI=1S/C21H21NO5/c1-13-4-6-17-15(10-13)16(22-9-8-21(23)24)12-19(27-17)14-5-7-18(25-2)20(11-14)26-3/h4-7,10-12H,8-9H2,1-3H3,(H,23,24). The van der Waals surface area contributed by atoms with Gasteiger partial charge in [0.25, 0.3) is 0 Å². The van der Waals surface area contributed by atoms with Crippen molar-refractivity contribution in [1.82, 2.24) is 0 Å². The summed E-state index contributed by atoms with van der Waals surface area (Å²) in [5, 5.41) is 10.4. The van der Waals surface area contributed by atoms with Crippen LogP contribution in [0, 0.1) is 6.92 Å². The van der Waals surface area contributed by atoms with E-state index in [0.717, 1.165) is 16.5 Å². The van der Waals surface area contributed by atoms with Gasteiger partial charge in [-0.1, -0.05) is 11.6 Å². The highest BCUT2D eigenvalue weighted by molar-refractivity contribution is 5.79. The maximum atomic E-state index is 10.8. The molecule has 2 aromatic carbocycles. The minimum Gasteiger partial charge on any atom is -0.493 e. The number of nitrogens with zero attached hydrogens (tertiary/aromatic N) is 1. The molecule has 0 aliphatic carbocycles. The summed E-state index contributed by atoms with van der Waals surface area (Å²) in [6, 6.07) is 13.2. The normalized spacial score (nSPS) is 11.6. The van der Waals surface area contributed by atoms with E-state index in [1.165, 1.54) is 0 Å². The van der Waals surface area contributed by atoms with Gasteiger partial charge < -0.3 is 19.0 Å². The van der Waals surface area contributed by atoms with E-state index in [2.05, 4.69) is 4.99 Å². The monoisotopic (exact) mass is 367 g/mol. The van der Waals surface area contributed by atoms with Gasteiger partial charge in [0, 0.05) is 17.0 Å². The fourth-order valence-electron chi connectivity index (χ4n) is 2.82. The first kappa shape index (κ1) is 18.5. The van der Waals surface area contributed by atoms with E-state index < -0.39 is 5.97 Å². The first-order valence-electron chi connectivity index (χ1n) is 8.51. The lowest BCUT2D eigenvalue weighted by Crippen LogP contribution is -2.07. The van der Waals surface area contributed by atoms with Crippen molar-refractivity contribution in [3.8, 4) is 22.8 Å². The molecule has 140 valence electrons. The topological polar surface area (TPSA) is 81.3 Å². The highest BCUT2D eigenvalue weighted by Gasteiger charge is 2.10.